The van der Waals surface area contributed by atoms with E-state index in [1.807, 2.05) is 36.4 Å². The second-order valence-corrected chi connectivity index (χ2v) is 12.2. The van der Waals surface area contributed by atoms with Gasteiger partial charge in [-0.25, -0.2) is 4.39 Å². The predicted octanol–water partition coefficient (Wildman–Crippen LogP) is 5.26. The molecule has 0 bridgehead atoms. The van der Waals surface area contributed by atoms with Crippen LogP contribution in [0.3, 0.4) is 0 Å². The highest BCUT2D eigenvalue weighted by Gasteiger charge is 2.39. The van der Waals surface area contributed by atoms with Crippen molar-refractivity contribution in [1.82, 2.24) is 0 Å². The van der Waals surface area contributed by atoms with Gasteiger partial charge in [0, 0.05) is 0 Å². The summed E-state index contributed by atoms with van der Waals surface area (Å²) in [7, 11) is -2.06. The fourth-order valence-corrected chi connectivity index (χ4v) is 3.10. The Morgan fingerprint density at radius 1 is 1.00 bits per heavy atom. The molecule has 0 aliphatic rings. The Morgan fingerprint density at radius 3 is 2.13 bits per heavy atom. The molecular formula is C19H26FNOSi. The highest BCUT2D eigenvalue weighted by atomic mass is 28.4. The van der Waals surface area contributed by atoms with Crippen LogP contribution in [0.4, 0.5) is 4.39 Å². The van der Waals surface area contributed by atoms with Gasteiger partial charge in [-0.3, -0.25) is 0 Å². The molecule has 0 saturated heterocycles. The van der Waals surface area contributed by atoms with Crippen molar-refractivity contribution >= 4 is 8.32 Å². The summed E-state index contributed by atoms with van der Waals surface area (Å²) in [6, 6.07) is 14.4. The van der Waals surface area contributed by atoms with Crippen LogP contribution in [0.25, 0.3) is 0 Å². The summed E-state index contributed by atoms with van der Waals surface area (Å²) >= 11 is 0. The van der Waals surface area contributed by atoms with Crippen LogP contribution >= 0.6 is 0 Å². The SMILES string of the molecule is CC(C)(C)[Si](C)(C)Oc1ccc(C(N)c2ccccc2)cc1F. The molecule has 1 atom stereocenters. The van der Waals surface area contributed by atoms with Gasteiger partial charge in [0.25, 0.3) is 8.32 Å². The van der Waals surface area contributed by atoms with Crippen molar-refractivity contribution in [2.45, 2.75) is 44.9 Å². The first-order chi connectivity index (χ1) is 10.6. The van der Waals surface area contributed by atoms with Crippen LogP contribution in [-0.2, 0) is 0 Å². The van der Waals surface area contributed by atoms with Gasteiger partial charge in [-0.1, -0.05) is 57.2 Å². The first-order valence-corrected chi connectivity index (χ1v) is 10.8. The minimum Gasteiger partial charge on any atom is -0.542 e. The van der Waals surface area contributed by atoms with Gasteiger partial charge in [0.2, 0.25) is 0 Å². The standard InChI is InChI=1S/C19H26FNOSi/c1-19(2,3)23(4,5)22-17-12-11-15(13-16(17)20)18(21)14-9-7-6-8-10-14/h6-13,18H,21H2,1-5H3. The summed E-state index contributed by atoms with van der Waals surface area (Å²) in [5, 5.41) is 0.0263. The van der Waals surface area contributed by atoms with Crippen LogP contribution in [0.5, 0.6) is 5.75 Å². The molecule has 0 aromatic heterocycles. The zero-order valence-corrected chi connectivity index (χ0v) is 15.6. The van der Waals surface area contributed by atoms with E-state index in [-0.39, 0.29) is 16.9 Å². The van der Waals surface area contributed by atoms with E-state index in [0.717, 1.165) is 11.1 Å². The van der Waals surface area contributed by atoms with Crippen LogP contribution in [0.2, 0.25) is 18.1 Å². The quantitative estimate of drug-likeness (QED) is 0.776. The number of nitrogens with two attached hydrogens (primary N) is 1. The third-order valence-corrected chi connectivity index (χ3v) is 8.99. The van der Waals surface area contributed by atoms with E-state index >= 15 is 0 Å². The lowest BCUT2D eigenvalue weighted by molar-refractivity contribution is 0.456. The predicted molar refractivity (Wildman–Crippen MR) is 96.7 cm³/mol. The maximum atomic E-state index is 14.5. The van der Waals surface area contributed by atoms with E-state index in [0.29, 0.717) is 5.75 Å². The Bertz CT molecular complexity index is 665. The average Bonchev–Trinajstić information content (AvgIpc) is 2.48. The van der Waals surface area contributed by atoms with E-state index in [4.69, 9.17) is 10.2 Å². The molecule has 1 unspecified atom stereocenters. The fourth-order valence-electron chi connectivity index (χ4n) is 2.07. The fraction of sp³-hybridized carbons (Fsp3) is 0.368. The number of rotatable bonds is 4. The monoisotopic (exact) mass is 331 g/mol. The molecule has 0 spiro atoms. The van der Waals surface area contributed by atoms with Crippen molar-refractivity contribution in [3.63, 3.8) is 0 Å². The van der Waals surface area contributed by atoms with Crippen molar-refractivity contribution in [2.75, 3.05) is 0 Å². The first kappa shape index (κ1) is 17.7. The molecule has 2 rings (SSSR count). The Kier molecular flexibility index (Phi) is 4.97. The highest BCUT2D eigenvalue weighted by Crippen LogP contribution is 2.38. The lowest BCUT2D eigenvalue weighted by Gasteiger charge is -2.36. The molecule has 4 heteroatoms. The molecule has 2 aromatic carbocycles. The van der Waals surface area contributed by atoms with Crippen LogP contribution in [0.1, 0.15) is 37.9 Å². The van der Waals surface area contributed by atoms with Crippen LogP contribution in [0, 0.1) is 5.82 Å². The minimum absolute atomic E-state index is 0.0263. The summed E-state index contributed by atoms with van der Waals surface area (Å²) in [6.45, 7) is 10.6. The van der Waals surface area contributed by atoms with Crippen molar-refractivity contribution in [3.05, 3.63) is 65.5 Å². The summed E-state index contributed by atoms with van der Waals surface area (Å²) in [5.41, 5.74) is 7.94. The lowest BCUT2D eigenvalue weighted by Crippen LogP contribution is -2.44. The van der Waals surface area contributed by atoms with E-state index in [1.54, 1.807) is 6.07 Å². The molecule has 124 valence electrons. The van der Waals surface area contributed by atoms with Gasteiger partial charge in [0.1, 0.15) is 5.75 Å². The molecule has 2 nitrogen and oxygen atoms in total. The van der Waals surface area contributed by atoms with Gasteiger partial charge in [-0.2, -0.15) is 0 Å². The number of hydrogen-bond donors (Lipinski definition) is 1. The van der Waals surface area contributed by atoms with Crippen LogP contribution in [0.15, 0.2) is 48.5 Å². The Hall–Kier alpha value is -1.65. The van der Waals surface area contributed by atoms with Crippen LogP contribution < -0.4 is 10.2 Å². The van der Waals surface area contributed by atoms with Crippen molar-refractivity contribution in [3.8, 4) is 5.75 Å². The second-order valence-electron chi connectivity index (χ2n) is 7.44. The third kappa shape index (κ3) is 4.01. The summed E-state index contributed by atoms with van der Waals surface area (Å²) in [4.78, 5) is 0. The van der Waals surface area contributed by atoms with Gasteiger partial charge in [0.05, 0.1) is 6.04 Å². The smallest absolute Gasteiger partial charge is 0.250 e. The summed E-state index contributed by atoms with van der Waals surface area (Å²) in [5.74, 6) is -0.0284. The van der Waals surface area contributed by atoms with E-state index in [2.05, 4.69) is 33.9 Å². The number of halogens is 1. The van der Waals surface area contributed by atoms with E-state index < -0.39 is 8.32 Å². The normalized spacial score (nSPS) is 13.7. The molecule has 0 aliphatic carbocycles. The van der Waals surface area contributed by atoms with Gasteiger partial charge >= 0.3 is 0 Å². The largest absolute Gasteiger partial charge is 0.542 e. The Morgan fingerprint density at radius 2 is 1.61 bits per heavy atom. The molecular weight excluding hydrogens is 305 g/mol. The van der Waals surface area contributed by atoms with Crippen molar-refractivity contribution in [1.29, 1.82) is 0 Å². The molecule has 0 radical (unpaired) electrons. The first-order valence-electron chi connectivity index (χ1n) is 7.91. The van der Waals surface area contributed by atoms with Gasteiger partial charge in [-0.15, -0.1) is 0 Å². The molecule has 2 N–H and O–H groups in total. The Balaban J connectivity index is 2.25. The Labute approximate surface area is 139 Å². The zero-order chi connectivity index (χ0) is 17.3. The van der Waals surface area contributed by atoms with Gasteiger partial charge in [-0.05, 0) is 41.4 Å². The zero-order valence-electron chi connectivity index (χ0n) is 14.6. The lowest BCUT2D eigenvalue weighted by atomic mass is 9.99. The highest BCUT2D eigenvalue weighted by molar-refractivity contribution is 6.74. The summed E-state index contributed by atoms with van der Waals surface area (Å²) in [6.07, 6.45) is 0. The maximum Gasteiger partial charge on any atom is 0.250 e. The van der Waals surface area contributed by atoms with Crippen molar-refractivity contribution < 1.29 is 8.82 Å². The average molecular weight is 332 g/mol. The van der Waals surface area contributed by atoms with Gasteiger partial charge in [0.15, 0.2) is 5.82 Å². The van der Waals surface area contributed by atoms with Crippen LogP contribution in [-0.4, -0.2) is 8.32 Å². The van der Waals surface area contributed by atoms with E-state index in [1.165, 1.54) is 6.07 Å². The van der Waals surface area contributed by atoms with Gasteiger partial charge < -0.3 is 10.2 Å². The second kappa shape index (κ2) is 6.46. The summed E-state index contributed by atoms with van der Waals surface area (Å²) < 4.78 is 20.5. The molecule has 0 amide bonds. The molecule has 2 aromatic rings. The number of hydrogen-bond acceptors (Lipinski definition) is 2. The van der Waals surface area contributed by atoms with Crippen molar-refractivity contribution in [2.24, 2.45) is 5.73 Å². The maximum absolute atomic E-state index is 14.5. The minimum atomic E-state index is -2.06. The molecule has 23 heavy (non-hydrogen) atoms. The van der Waals surface area contributed by atoms with E-state index in [9.17, 15) is 4.39 Å². The number of benzene rings is 2. The molecule has 0 aliphatic heterocycles. The molecule has 0 heterocycles. The topological polar surface area (TPSA) is 35.2 Å². The molecule has 0 fully saturated rings. The third-order valence-electron chi connectivity index (χ3n) is 4.65. The molecule has 0 saturated carbocycles.